The first-order valence-corrected chi connectivity index (χ1v) is 4.80. The van der Waals surface area contributed by atoms with Crippen LogP contribution < -0.4 is 0 Å². The predicted octanol–water partition coefficient (Wildman–Crippen LogP) is 2.74. The Morgan fingerprint density at radius 2 is 1.92 bits per heavy atom. The summed E-state index contributed by atoms with van der Waals surface area (Å²) in [5, 5.41) is 7.35. The molecule has 0 unspecified atom stereocenters. The summed E-state index contributed by atoms with van der Waals surface area (Å²) in [6, 6.07) is 0. The zero-order valence-electron chi connectivity index (χ0n) is 8.85. The number of nitrogens with one attached hydrogen (secondary N) is 1. The molecule has 0 saturated carbocycles. The minimum absolute atomic E-state index is 0.666. The zero-order valence-corrected chi connectivity index (χ0v) is 8.85. The molecular formula is C10H22N2. The maximum atomic E-state index is 7.35. The van der Waals surface area contributed by atoms with Crippen LogP contribution in [-0.2, 0) is 0 Å². The van der Waals surface area contributed by atoms with E-state index in [-0.39, 0.29) is 0 Å². The van der Waals surface area contributed by atoms with Crippen molar-refractivity contribution < 1.29 is 0 Å². The molecule has 0 radical (unpaired) electrons. The third kappa shape index (κ3) is 6.20. The molecule has 0 aliphatic rings. The van der Waals surface area contributed by atoms with Crippen LogP contribution >= 0.6 is 0 Å². The zero-order chi connectivity index (χ0) is 9.56. The lowest BCUT2D eigenvalue weighted by Crippen LogP contribution is -2.24. The van der Waals surface area contributed by atoms with Gasteiger partial charge in [-0.15, -0.1) is 0 Å². The number of hydrogen-bond acceptors (Lipinski definition) is 1. The van der Waals surface area contributed by atoms with Gasteiger partial charge in [0, 0.05) is 13.6 Å². The molecule has 2 nitrogen and oxygen atoms in total. The summed E-state index contributed by atoms with van der Waals surface area (Å²) in [7, 11) is 1.98. The Bertz CT molecular complexity index is 130. The highest BCUT2D eigenvalue weighted by Crippen LogP contribution is 2.06. The van der Waals surface area contributed by atoms with Crippen molar-refractivity contribution in [2.45, 2.75) is 40.0 Å². The lowest BCUT2D eigenvalue weighted by Gasteiger charge is -2.16. The number of amidine groups is 1. The monoisotopic (exact) mass is 170 g/mol. The summed E-state index contributed by atoms with van der Waals surface area (Å²) >= 11 is 0. The van der Waals surface area contributed by atoms with E-state index in [0.717, 1.165) is 12.5 Å². The molecule has 0 atom stereocenters. The Morgan fingerprint density at radius 1 is 1.33 bits per heavy atom. The van der Waals surface area contributed by atoms with E-state index in [1.54, 1.807) is 0 Å². The van der Waals surface area contributed by atoms with Gasteiger partial charge in [-0.05, 0) is 19.3 Å². The Hall–Kier alpha value is -0.530. The maximum Gasteiger partial charge on any atom is 0.0923 e. The fourth-order valence-corrected chi connectivity index (χ4v) is 1.07. The van der Waals surface area contributed by atoms with Gasteiger partial charge < -0.3 is 4.90 Å². The lowest BCUT2D eigenvalue weighted by atomic mass is 10.1. The van der Waals surface area contributed by atoms with Gasteiger partial charge in [0.05, 0.1) is 5.84 Å². The van der Waals surface area contributed by atoms with E-state index in [4.69, 9.17) is 5.41 Å². The van der Waals surface area contributed by atoms with Gasteiger partial charge in [0.2, 0.25) is 0 Å². The molecule has 0 aromatic rings. The van der Waals surface area contributed by atoms with Crippen LogP contribution in [0.3, 0.4) is 0 Å². The van der Waals surface area contributed by atoms with Gasteiger partial charge in [0.1, 0.15) is 0 Å². The van der Waals surface area contributed by atoms with Crippen molar-refractivity contribution >= 4 is 5.84 Å². The molecule has 72 valence electrons. The third-order valence-corrected chi connectivity index (χ3v) is 2.10. The van der Waals surface area contributed by atoms with Crippen molar-refractivity contribution in [2.24, 2.45) is 5.92 Å². The van der Waals surface area contributed by atoms with Crippen LogP contribution in [0.4, 0.5) is 0 Å². The highest BCUT2D eigenvalue weighted by atomic mass is 15.1. The SMILES string of the molecule is CC(=N)N(C)CCCCC(C)C. The minimum atomic E-state index is 0.666. The summed E-state index contributed by atoms with van der Waals surface area (Å²) in [6.45, 7) is 7.38. The van der Waals surface area contributed by atoms with Gasteiger partial charge >= 0.3 is 0 Å². The quantitative estimate of drug-likeness (QED) is 0.383. The molecule has 0 aliphatic heterocycles. The normalized spacial score (nSPS) is 10.4. The van der Waals surface area contributed by atoms with E-state index in [9.17, 15) is 0 Å². The van der Waals surface area contributed by atoms with Crippen LogP contribution in [0.1, 0.15) is 40.0 Å². The van der Waals surface area contributed by atoms with Crippen molar-refractivity contribution in [1.82, 2.24) is 4.90 Å². The van der Waals surface area contributed by atoms with Crippen LogP contribution in [0.25, 0.3) is 0 Å². The average Bonchev–Trinajstić information content (AvgIpc) is 1.97. The molecular weight excluding hydrogens is 148 g/mol. The number of unbranched alkanes of at least 4 members (excludes halogenated alkanes) is 1. The topological polar surface area (TPSA) is 27.1 Å². The fraction of sp³-hybridized carbons (Fsp3) is 0.900. The molecule has 0 amide bonds. The Labute approximate surface area is 76.5 Å². The van der Waals surface area contributed by atoms with Gasteiger partial charge in [-0.25, -0.2) is 0 Å². The fourth-order valence-electron chi connectivity index (χ4n) is 1.07. The third-order valence-electron chi connectivity index (χ3n) is 2.10. The Balaban J connectivity index is 3.25. The molecule has 0 fully saturated rings. The van der Waals surface area contributed by atoms with Gasteiger partial charge in [-0.2, -0.15) is 0 Å². The predicted molar refractivity (Wildman–Crippen MR) is 54.7 cm³/mol. The second kappa shape index (κ2) is 6.04. The second-order valence-electron chi connectivity index (χ2n) is 3.90. The van der Waals surface area contributed by atoms with E-state index >= 15 is 0 Å². The molecule has 0 rings (SSSR count). The van der Waals surface area contributed by atoms with Crippen LogP contribution in [0.5, 0.6) is 0 Å². The van der Waals surface area contributed by atoms with Gasteiger partial charge in [0.25, 0.3) is 0 Å². The van der Waals surface area contributed by atoms with Crippen molar-refractivity contribution in [3.63, 3.8) is 0 Å². The molecule has 0 aliphatic carbocycles. The first-order valence-electron chi connectivity index (χ1n) is 4.80. The number of hydrogen-bond donors (Lipinski definition) is 1. The molecule has 0 spiro atoms. The van der Waals surface area contributed by atoms with Crippen molar-refractivity contribution in [2.75, 3.05) is 13.6 Å². The molecule has 0 aromatic carbocycles. The molecule has 1 N–H and O–H groups in total. The minimum Gasteiger partial charge on any atom is -0.364 e. The molecule has 12 heavy (non-hydrogen) atoms. The second-order valence-corrected chi connectivity index (χ2v) is 3.90. The lowest BCUT2D eigenvalue weighted by molar-refractivity contribution is 0.447. The Morgan fingerprint density at radius 3 is 2.33 bits per heavy atom. The summed E-state index contributed by atoms with van der Waals surface area (Å²) in [5.41, 5.74) is 0. The molecule has 0 saturated heterocycles. The van der Waals surface area contributed by atoms with E-state index in [1.807, 2.05) is 18.9 Å². The molecule has 0 heterocycles. The van der Waals surface area contributed by atoms with E-state index in [1.165, 1.54) is 19.3 Å². The molecule has 0 aromatic heterocycles. The van der Waals surface area contributed by atoms with Crippen molar-refractivity contribution in [3.05, 3.63) is 0 Å². The highest BCUT2D eigenvalue weighted by Gasteiger charge is 1.98. The Kier molecular flexibility index (Phi) is 5.77. The summed E-state index contributed by atoms with van der Waals surface area (Å²) in [6.07, 6.45) is 3.81. The number of nitrogens with zero attached hydrogens (tertiary/aromatic N) is 1. The maximum absolute atomic E-state index is 7.35. The summed E-state index contributed by atoms with van der Waals surface area (Å²) in [5.74, 6) is 1.48. The van der Waals surface area contributed by atoms with Gasteiger partial charge in [-0.1, -0.05) is 26.7 Å². The van der Waals surface area contributed by atoms with Crippen molar-refractivity contribution in [1.29, 1.82) is 5.41 Å². The van der Waals surface area contributed by atoms with Crippen LogP contribution in [0, 0.1) is 11.3 Å². The highest BCUT2D eigenvalue weighted by molar-refractivity contribution is 5.75. The van der Waals surface area contributed by atoms with E-state index in [2.05, 4.69) is 13.8 Å². The first-order chi connectivity index (χ1) is 5.54. The van der Waals surface area contributed by atoms with E-state index in [0.29, 0.717) is 5.84 Å². The van der Waals surface area contributed by atoms with Crippen LogP contribution in [0.2, 0.25) is 0 Å². The molecule has 0 bridgehead atoms. The van der Waals surface area contributed by atoms with Crippen LogP contribution in [-0.4, -0.2) is 24.3 Å². The standard InChI is InChI=1S/C10H22N2/c1-9(2)7-5-6-8-12(4)10(3)11/h9,11H,5-8H2,1-4H3. The van der Waals surface area contributed by atoms with Crippen LogP contribution in [0.15, 0.2) is 0 Å². The number of rotatable bonds is 5. The van der Waals surface area contributed by atoms with Crippen molar-refractivity contribution in [3.8, 4) is 0 Å². The van der Waals surface area contributed by atoms with Gasteiger partial charge in [-0.3, -0.25) is 5.41 Å². The smallest absolute Gasteiger partial charge is 0.0923 e. The average molecular weight is 170 g/mol. The largest absolute Gasteiger partial charge is 0.364 e. The summed E-state index contributed by atoms with van der Waals surface area (Å²) in [4.78, 5) is 2.00. The van der Waals surface area contributed by atoms with E-state index < -0.39 is 0 Å². The van der Waals surface area contributed by atoms with Gasteiger partial charge in [0.15, 0.2) is 0 Å². The molecule has 2 heteroatoms. The summed E-state index contributed by atoms with van der Waals surface area (Å²) < 4.78 is 0. The first kappa shape index (κ1) is 11.5.